The SMILES string of the molecule is C.Cc1ccc(C(=O)N2CCCC(c3ccc(C#N)cc3)CC2)cc1N.Cc1ccc(C(=O)O)cc1N.[C-]#[N+]c1ccc(C2CCCNCC2)cc1. The van der Waals surface area contributed by atoms with Gasteiger partial charge in [-0.25, -0.2) is 9.64 Å². The summed E-state index contributed by atoms with van der Waals surface area (Å²) < 4.78 is 0. The number of likely N-dealkylation sites (tertiary alicyclic amines) is 1. The molecule has 0 aromatic heterocycles. The zero-order chi connectivity index (χ0) is 36.8. The van der Waals surface area contributed by atoms with Gasteiger partial charge in [0.2, 0.25) is 0 Å². The number of benzene rings is 4. The van der Waals surface area contributed by atoms with Gasteiger partial charge in [-0.3, -0.25) is 4.79 Å². The summed E-state index contributed by atoms with van der Waals surface area (Å²) in [7, 11) is 0. The molecule has 2 heterocycles. The van der Waals surface area contributed by atoms with Crippen molar-refractivity contribution in [1.82, 2.24) is 10.2 Å². The van der Waals surface area contributed by atoms with E-state index in [4.69, 9.17) is 28.4 Å². The molecule has 0 saturated carbocycles. The van der Waals surface area contributed by atoms with Gasteiger partial charge in [0.25, 0.3) is 5.91 Å². The summed E-state index contributed by atoms with van der Waals surface area (Å²) in [5, 5.41) is 20.9. The Kier molecular flexibility index (Phi) is 15.9. The Bertz CT molecular complexity index is 1850. The minimum absolute atomic E-state index is 0. The fourth-order valence-electron chi connectivity index (χ4n) is 6.37. The molecule has 52 heavy (non-hydrogen) atoms. The summed E-state index contributed by atoms with van der Waals surface area (Å²) in [5.41, 5.74) is 19.5. The number of carbonyl (C=O) groups is 2. The second kappa shape index (κ2) is 20.3. The van der Waals surface area contributed by atoms with Gasteiger partial charge in [0.15, 0.2) is 5.69 Å². The average molecular weight is 701 g/mol. The molecule has 4 aromatic rings. The maximum absolute atomic E-state index is 12.8. The molecule has 2 aliphatic rings. The highest BCUT2D eigenvalue weighted by atomic mass is 16.4. The lowest BCUT2D eigenvalue weighted by molar-refractivity contribution is 0.0695. The third-order valence-corrected chi connectivity index (χ3v) is 9.65. The number of carbonyl (C=O) groups excluding carboxylic acids is 1. The molecule has 4 aromatic carbocycles. The van der Waals surface area contributed by atoms with Crippen LogP contribution in [0, 0.1) is 31.8 Å². The first-order valence-corrected chi connectivity index (χ1v) is 17.5. The molecule has 2 aliphatic heterocycles. The van der Waals surface area contributed by atoms with E-state index in [-0.39, 0.29) is 18.9 Å². The van der Waals surface area contributed by atoms with Crippen LogP contribution in [-0.4, -0.2) is 48.1 Å². The van der Waals surface area contributed by atoms with Crippen molar-refractivity contribution in [2.24, 2.45) is 0 Å². The van der Waals surface area contributed by atoms with Gasteiger partial charge in [-0.05, 0) is 136 Å². The topological polar surface area (TPSA) is 150 Å². The fraction of sp³-hybridized carbons (Fsp3) is 0.349. The van der Waals surface area contributed by atoms with Gasteiger partial charge in [0, 0.05) is 30.0 Å². The first-order valence-electron chi connectivity index (χ1n) is 17.5. The van der Waals surface area contributed by atoms with E-state index < -0.39 is 5.97 Å². The number of carboxylic acids is 1. The zero-order valence-electron chi connectivity index (χ0n) is 29.6. The second-order valence-electron chi connectivity index (χ2n) is 13.2. The Balaban J connectivity index is 0.000000230. The summed E-state index contributed by atoms with van der Waals surface area (Å²) in [6, 6.07) is 28.3. The van der Waals surface area contributed by atoms with Gasteiger partial charge in [0.05, 0.1) is 23.8 Å². The first-order chi connectivity index (χ1) is 24.6. The molecule has 0 bridgehead atoms. The third kappa shape index (κ3) is 11.7. The van der Waals surface area contributed by atoms with Gasteiger partial charge in [-0.2, -0.15) is 5.26 Å². The number of hydrogen-bond acceptors (Lipinski definition) is 6. The molecule has 0 radical (unpaired) electrons. The Morgan fingerprint density at radius 3 is 1.92 bits per heavy atom. The highest BCUT2D eigenvalue weighted by molar-refractivity contribution is 5.95. The van der Waals surface area contributed by atoms with Crippen LogP contribution < -0.4 is 16.8 Å². The van der Waals surface area contributed by atoms with Crippen LogP contribution in [0.5, 0.6) is 0 Å². The van der Waals surface area contributed by atoms with Crippen LogP contribution >= 0.6 is 0 Å². The minimum Gasteiger partial charge on any atom is -0.478 e. The monoisotopic (exact) mass is 700 g/mol. The number of aromatic carboxylic acids is 1. The van der Waals surface area contributed by atoms with E-state index in [2.05, 4.69) is 28.4 Å². The molecule has 6 rings (SSSR count). The molecule has 2 fully saturated rings. The molecule has 9 heteroatoms. The summed E-state index contributed by atoms with van der Waals surface area (Å²) >= 11 is 0. The van der Waals surface area contributed by atoms with E-state index in [0.29, 0.717) is 34.3 Å². The molecule has 2 unspecified atom stereocenters. The van der Waals surface area contributed by atoms with E-state index >= 15 is 0 Å². The third-order valence-electron chi connectivity index (χ3n) is 9.65. The number of amides is 1. The Hall–Kier alpha value is -5.64. The summed E-state index contributed by atoms with van der Waals surface area (Å²) in [6.45, 7) is 14.5. The Morgan fingerprint density at radius 2 is 1.35 bits per heavy atom. The smallest absolute Gasteiger partial charge is 0.335 e. The lowest BCUT2D eigenvalue weighted by Crippen LogP contribution is -2.32. The van der Waals surface area contributed by atoms with E-state index in [0.717, 1.165) is 62.3 Å². The van der Waals surface area contributed by atoms with E-state index in [1.807, 2.05) is 67.3 Å². The highest BCUT2D eigenvalue weighted by Gasteiger charge is 2.23. The largest absolute Gasteiger partial charge is 0.478 e. The van der Waals surface area contributed by atoms with E-state index in [1.165, 1.54) is 42.5 Å². The zero-order valence-corrected chi connectivity index (χ0v) is 29.6. The van der Waals surface area contributed by atoms with Gasteiger partial charge < -0.3 is 26.8 Å². The van der Waals surface area contributed by atoms with Crippen LogP contribution in [0.3, 0.4) is 0 Å². The number of anilines is 2. The molecule has 2 saturated heterocycles. The van der Waals surface area contributed by atoms with Crippen molar-refractivity contribution in [3.8, 4) is 6.07 Å². The normalized spacial score (nSPS) is 16.7. The summed E-state index contributed by atoms with van der Waals surface area (Å²) in [4.78, 5) is 28.5. The number of aryl methyl sites for hydroxylation is 2. The standard InChI is InChI=1S/C21H23N3O.C13H16N2.C8H9NO2.CH4/c1-15-4-7-19(13-20(15)23)21(25)24-11-2-3-17(10-12-24)18-8-5-16(14-22)6-9-18;1-14-13-6-4-12(5-7-13)11-3-2-9-15-10-8-11;1-5-2-3-6(8(10)11)4-7(5)9;/h4-9,13,17H,2-3,10-12,23H2,1H3;4-7,11,15H,2-3,8-10H2;2-4H,9H2,1H3,(H,10,11);1H4. The Labute approximate surface area is 309 Å². The number of nitrogens with zero attached hydrogens (tertiary/aromatic N) is 3. The van der Waals surface area contributed by atoms with Crippen molar-refractivity contribution in [3.05, 3.63) is 135 Å². The number of nitrogen functional groups attached to an aromatic ring is 2. The van der Waals surface area contributed by atoms with Crippen molar-refractivity contribution in [2.45, 2.75) is 71.6 Å². The predicted octanol–water partition coefficient (Wildman–Crippen LogP) is 8.86. The van der Waals surface area contributed by atoms with Crippen molar-refractivity contribution < 1.29 is 14.7 Å². The molecular formula is C43H52N6O3. The van der Waals surface area contributed by atoms with Gasteiger partial charge in [0.1, 0.15) is 0 Å². The predicted molar refractivity (Wildman–Crippen MR) is 211 cm³/mol. The summed E-state index contributed by atoms with van der Waals surface area (Å²) in [6.07, 6.45) is 6.74. The maximum Gasteiger partial charge on any atom is 0.335 e. The molecule has 272 valence electrons. The average Bonchev–Trinajstić information content (AvgIpc) is 3.58. The molecule has 0 aliphatic carbocycles. The van der Waals surface area contributed by atoms with Crippen molar-refractivity contribution in [3.63, 3.8) is 0 Å². The maximum atomic E-state index is 12.8. The van der Waals surface area contributed by atoms with Crippen LogP contribution in [-0.2, 0) is 0 Å². The number of carboxylic acid groups (broad SMARTS) is 1. The lowest BCUT2D eigenvalue weighted by atomic mass is 9.91. The molecule has 1 amide bonds. The number of nitriles is 1. The number of rotatable bonds is 4. The van der Waals surface area contributed by atoms with Crippen molar-refractivity contribution in [2.75, 3.05) is 37.6 Å². The molecular weight excluding hydrogens is 649 g/mol. The summed E-state index contributed by atoms with van der Waals surface area (Å²) in [5.74, 6) is 0.234. The molecule has 9 nitrogen and oxygen atoms in total. The number of nitrogens with two attached hydrogens (primary N) is 2. The Morgan fingerprint density at radius 1 is 0.788 bits per heavy atom. The second-order valence-corrected chi connectivity index (χ2v) is 13.2. The van der Waals surface area contributed by atoms with Gasteiger partial charge >= 0.3 is 5.97 Å². The van der Waals surface area contributed by atoms with Gasteiger partial charge in [-0.1, -0.05) is 56.0 Å². The van der Waals surface area contributed by atoms with Crippen LogP contribution in [0.4, 0.5) is 17.1 Å². The van der Waals surface area contributed by atoms with Crippen LogP contribution in [0.25, 0.3) is 4.85 Å². The van der Waals surface area contributed by atoms with Crippen LogP contribution in [0.15, 0.2) is 84.9 Å². The minimum atomic E-state index is -0.947. The fourth-order valence-corrected chi connectivity index (χ4v) is 6.37. The highest BCUT2D eigenvalue weighted by Crippen LogP contribution is 2.30. The number of hydrogen-bond donors (Lipinski definition) is 4. The first kappa shape index (κ1) is 40.8. The van der Waals surface area contributed by atoms with Crippen molar-refractivity contribution >= 4 is 28.9 Å². The lowest BCUT2D eigenvalue weighted by Gasteiger charge is -2.21. The number of nitrogens with one attached hydrogen (secondary N) is 1. The van der Waals surface area contributed by atoms with Crippen LogP contribution in [0.2, 0.25) is 0 Å². The van der Waals surface area contributed by atoms with E-state index in [9.17, 15) is 9.59 Å². The molecule has 2 atom stereocenters. The molecule has 6 N–H and O–H groups in total. The van der Waals surface area contributed by atoms with Crippen molar-refractivity contribution in [1.29, 1.82) is 5.26 Å². The van der Waals surface area contributed by atoms with E-state index in [1.54, 1.807) is 12.1 Å². The molecule has 0 spiro atoms. The van der Waals surface area contributed by atoms with Crippen LogP contribution in [0.1, 0.15) is 106 Å². The van der Waals surface area contributed by atoms with Gasteiger partial charge in [-0.15, -0.1) is 0 Å². The quantitative estimate of drug-likeness (QED) is 0.123.